The molecule has 2 unspecified atom stereocenters. The van der Waals surface area contributed by atoms with Gasteiger partial charge in [-0.25, -0.2) is 0 Å². The van der Waals surface area contributed by atoms with E-state index in [0.717, 1.165) is 19.7 Å². The predicted octanol–water partition coefficient (Wildman–Crippen LogP) is 0.0945. The highest BCUT2D eigenvalue weighted by atomic mass is 31.0. The number of hydrogen-bond acceptors (Lipinski definition) is 3. The third-order valence-corrected chi connectivity index (χ3v) is 2.14. The number of hydrogen-bond donors (Lipinski definition) is 0. The largest absolute Gasteiger partial charge is 0.395 e. The maximum Gasteiger partial charge on any atom is 0.126 e. The lowest BCUT2D eigenvalue weighted by molar-refractivity contribution is 0.150. The molecule has 1 fully saturated rings. The third-order valence-electron chi connectivity index (χ3n) is 1.75. The van der Waals surface area contributed by atoms with Crippen LogP contribution in [0, 0.1) is 5.92 Å². The lowest BCUT2D eigenvalue weighted by Crippen LogP contribution is -2.10. The van der Waals surface area contributed by atoms with Crippen LogP contribution < -0.4 is 0 Å². The van der Waals surface area contributed by atoms with Crippen LogP contribution in [0.3, 0.4) is 0 Å². The molecule has 50 valence electrons. The number of oxime groups is 1. The zero-order valence-electron chi connectivity index (χ0n) is 5.08. The fourth-order valence-electron chi connectivity index (χ4n) is 1.25. The highest BCUT2D eigenvalue weighted by Gasteiger charge is 2.31. The topological polar surface area (TPSA) is 24.8 Å². The summed E-state index contributed by atoms with van der Waals surface area (Å²) >= 11 is 0. The Morgan fingerprint density at radius 2 is 2.67 bits per heavy atom. The van der Waals surface area contributed by atoms with Gasteiger partial charge in [-0.3, -0.25) is 4.67 Å². The summed E-state index contributed by atoms with van der Waals surface area (Å²) < 4.78 is 2.19. The number of rotatable bonds is 0. The van der Waals surface area contributed by atoms with Crippen LogP contribution in [0.5, 0.6) is 0 Å². The highest BCUT2D eigenvalue weighted by molar-refractivity contribution is 7.13. The summed E-state index contributed by atoms with van der Waals surface area (Å²) in [4.78, 5) is 4.91. The van der Waals surface area contributed by atoms with Crippen LogP contribution in [0.1, 0.15) is 0 Å². The second kappa shape index (κ2) is 1.93. The van der Waals surface area contributed by atoms with Crippen LogP contribution in [0.2, 0.25) is 0 Å². The number of fused-ring (bicyclic) bond motifs is 1. The Kier molecular flexibility index (Phi) is 1.20. The van der Waals surface area contributed by atoms with Crippen molar-refractivity contribution < 1.29 is 4.84 Å². The highest BCUT2D eigenvalue weighted by Crippen LogP contribution is 2.21. The van der Waals surface area contributed by atoms with Crippen molar-refractivity contribution in [1.82, 2.24) is 4.67 Å². The fraction of sp³-hybridized carbons (Fsp3) is 0.800. The molecule has 0 spiro atoms. The van der Waals surface area contributed by atoms with E-state index in [4.69, 9.17) is 4.84 Å². The molecule has 3 nitrogen and oxygen atoms in total. The maximum absolute atomic E-state index is 4.91. The molecule has 0 radical (unpaired) electrons. The molecule has 0 bridgehead atoms. The lowest BCUT2D eigenvalue weighted by Gasteiger charge is -2.04. The van der Waals surface area contributed by atoms with Gasteiger partial charge in [0.05, 0.1) is 11.6 Å². The Labute approximate surface area is 56.3 Å². The molecule has 0 amide bonds. The molecule has 4 heteroatoms. The molecule has 0 saturated carbocycles. The minimum atomic E-state index is 0.586. The van der Waals surface area contributed by atoms with E-state index in [2.05, 4.69) is 19.2 Å². The van der Waals surface area contributed by atoms with Crippen molar-refractivity contribution in [2.75, 3.05) is 19.7 Å². The van der Waals surface area contributed by atoms with Crippen LogP contribution in [0.15, 0.2) is 5.16 Å². The minimum Gasteiger partial charge on any atom is -0.395 e. The van der Waals surface area contributed by atoms with Gasteiger partial charge >= 0.3 is 0 Å². The van der Waals surface area contributed by atoms with Gasteiger partial charge < -0.3 is 4.84 Å². The van der Waals surface area contributed by atoms with Crippen molar-refractivity contribution in [3.63, 3.8) is 0 Å². The second-order valence-corrected chi connectivity index (χ2v) is 3.24. The molecule has 0 N–H and O–H groups in total. The Hall–Kier alpha value is -0.140. The van der Waals surface area contributed by atoms with Crippen molar-refractivity contribution in [2.45, 2.75) is 0 Å². The van der Waals surface area contributed by atoms with Gasteiger partial charge in [-0.05, 0) is 0 Å². The van der Waals surface area contributed by atoms with E-state index in [1.165, 1.54) is 5.71 Å². The molecule has 9 heavy (non-hydrogen) atoms. The summed E-state index contributed by atoms with van der Waals surface area (Å²) in [6.07, 6.45) is 0. The Balaban J connectivity index is 2.15. The maximum atomic E-state index is 4.91. The predicted molar refractivity (Wildman–Crippen MR) is 38.2 cm³/mol. The van der Waals surface area contributed by atoms with Crippen LogP contribution in [0.25, 0.3) is 0 Å². The summed E-state index contributed by atoms with van der Waals surface area (Å²) in [7, 11) is 2.68. The van der Waals surface area contributed by atoms with Gasteiger partial charge in [0, 0.05) is 13.1 Å². The van der Waals surface area contributed by atoms with Crippen LogP contribution in [-0.2, 0) is 4.84 Å². The van der Waals surface area contributed by atoms with E-state index in [9.17, 15) is 0 Å². The van der Waals surface area contributed by atoms with Crippen molar-refractivity contribution in [3.05, 3.63) is 0 Å². The first-order chi connectivity index (χ1) is 4.36. The molecule has 0 aliphatic carbocycles. The first kappa shape index (κ1) is 5.63. The normalized spacial score (nSPS) is 33.9. The van der Waals surface area contributed by atoms with Gasteiger partial charge in [-0.1, -0.05) is 14.5 Å². The van der Waals surface area contributed by atoms with E-state index < -0.39 is 0 Å². The van der Waals surface area contributed by atoms with E-state index in [1.54, 1.807) is 0 Å². The van der Waals surface area contributed by atoms with E-state index >= 15 is 0 Å². The van der Waals surface area contributed by atoms with Gasteiger partial charge in [0.25, 0.3) is 0 Å². The molecule has 2 aliphatic heterocycles. The van der Waals surface area contributed by atoms with Crippen molar-refractivity contribution >= 4 is 15.1 Å². The average molecular weight is 144 g/mol. The Bertz CT molecular complexity index is 159. The Morgan fingerprint density at radius 3 is 3.44 bits per heavy atom. The molecule has 0 aromatic carbocycles. The SMILES string of the molecule is PN1CC2=NOCC2C1. The zero-order valence-corrected chi connectivity index (χ0v) is 6.23. The lowest BCUT2D eigenvalue weighted by atomic mass is 10.1. The first-order valence-corrected chi connectivity index (χ1v) is 3.56. The average Bonchev–Trinajstić information content (AvgIpc) is 2.22. The van der Waals surface area contributed by atoms with Gasteiger partial charge in [0.2, 0.25) is 0 Å². The van der Waals surface area contributed by atoms with Gasteiger partial charge in [-0.2, -0.15) is 0 Å². The Morgan fingerprint density at radius 1 is 1.78 bits per heavy atom. The smallest absolute Gasteiger partial charge is 0.126 e. The van der Waals surface area contributed by atoms with E-state index in [0.29, 0.717) is 5.92 Å². The van der Waals surface area contributed by atoms with Crippen LogP contribution >= 0.6 is 9.39 Å². The molecule has 2 heterocycles. The van der Waals surface area contributed by atoms with Crippen molar-refractivity contribution in [2.24, 2.45) is 11.1 Å². The van der Waals surface area contributed by atoms with Gasteiger partial charge in [0.1, 0.15) is 6.61 Å². The molecular formula is C5H9N2OP. The fourth-order valence-corrected chi connectivity index (χ4v) is 1.69. The van der Waals surface area contributed by atoms with Gasteiger partial charge in [-0.15, -0.1) is 0 Å². The standard InChI is InChI=1S/C5H9N2OP/c9-7-1-4-3-8-6-5(4)2-7/h4H,1-3,9H2. The third kappa shape index (κ3) is 0.846. The quantitative estimate of drug-likeness (QED) is 0.450. The van der Waals surface area contributed by atoms with Crippen LogP contribution in [-0.4, -0.2) is 30.1 Å². The second-order valence-electron chi connectivity index (χ2n) is 2.50. The summed E-state index contributed by atoms with van der Waals surface area (Å²) in [5.41, 5.74) is 1.21. The molecule has 0 aromatic heterocycles. The van der Waals surface area contributed by atoms with Crippen molar-refractivity contribution in [3.8, 4) is 0 Å². The molecular weight excluding hydrogens is 135 g/mol. The van der Waals surface area contributed by atoms with Crippen LogP contribution in [0.4, 0.5) is 0 Å². The first-order valence-electron chi connectivity index (χ1n) is 3.04. The summed E-state index contributed by atoms with van der Waals surface area (Å²) in [6, 6.07) is 0. The summed E-state index contributed by atoms with van der Waals surface area (Å²) in [5, 5.41) is 3.91. The summed E-state index contributed by atoms with van der Waals surface area (Å²) in [5.74, 6) is 0.586. The monoisotopic (exact) mass is 144 g/mol. The van der Waals surface area contributed by atoms with E-state index in [1.807, 2.05) is 0 Å². The molecule has 0 aromatic rings. The molecule has 1 saturated heterocycles. The van der Waals surface area contributed by atoms with E-state index in [-0.39, 0.29) is 0 Å². The number of nitrogens with zero attached hydrogens (tertiary/aromatic N) is 2. The molecule has 2 atom stereocenters. The zero-order chi connectivity index (χ0) is 6.27. The van der Waals surface area contributed by atoms with Gasteiger partial charge in [0.15, 0.2) is 0 Å². The molecule has 2 aliphatic rings. The molecule has 2 rings (SSSR count). The van der Waals surface area contributed by atoms with Crippen molar-refractivity contribution in [1.29, 1.82) is 0 Å². The summed E-state index contributed by atoms with van der Waals surface area (Å²) in [6.45, 7) is 2.85. The minimum absolute atomic E-state index is 0.586.